The lowest BCUT2D eigenvalue weighted by Gasteiger charge is -2.13. The third-order valence-electron chi connectivity index (χ3n) is 5.07. The molecule has 0 saturated heterocycles. The Kier molecular flexibility index (Phi) is 5.66. The van der Waals surface area contributed by atoms with Gasteiger partial charge in [0.05, 0.1) is 19.2 Å². The van der Waals surface area contributed by atoms with E-state index in [9.17, 15) is 4.79 Å². The van der Waals surface area contributed by atoms with Gasteiger partial charge in [-0.15, -0.1) is 5.10 Å². The molecular weight excluding hydrogens is 376 g/mol. The zero-order valence-corrected chi connectivity index (χ0v) is 16.9. The van der Waals surface area contributed by atoms with E-state index in [4.69, 9.17) is 4.74 Å². The van der Waals surface area contributed by atoms with Crippen LogP contribution in [0.25, 0.3) is 11.1 Å². The molecule has 6 nitrogen and oxygen atoms in total. The highest BCUT2D eigenvalue weighted by molar-refractivity contribution is 5.97. The van der Waals surface area contributed by atoms with E-state index in [-0.39, 0.29) is 5.97 Å². The van der Waals surface area contributed by atoms with Gasteiger partial charge in [0.1, 0.15) is 0 Å². The van der Waals surface area contributed by atoms with Gasteiger partial charge in [-0.3, -0.25) is 0 Å². The largest absolute Gasteiger partial charge is 0.465 e. The summed E-state index contributed by atoms with van der Waals surface area (Å²) in [7, 11) is 1.40. The highest BCUT2D eigenvalue weighted by Crippen LogP contribution is 2.29. The molecule has 6 heteroatoms. The predicted octanol–water partition coefficient (Wildman–Crippen LogP) is 4.07. The second-order valence-electron chi connectivity index (χ2n) is 7.10. The number of rotatable bonds is 6. The highest BCUT2D eigenvalue weighted by atomic mass is 16.5. The molecule has 0 atom stereocenters. The van der Waals surface area contributed by atoms with E-state index in [1.165, 1.54) is 7.11 Å². The zero-order chi connectivity index (χ0) is 20.9. The fraction of sp³-hybridized carbons (Fsp3) is 0.167. The van der Waals surface area contributed by atoms with Gasteiger partial charge in [-0.25, -0.2) is 9.48 Å². The first kappa shape index (κ1) is 19.5. The third kappa shape index (κ3) is 4.12. The monoisotopic (exact) mass is 398 g/mol. The summed E-state index contributed by atoms with van der Waals surface area (Å²) in [6.45, 7) is 2.64. The molecule has 0 spiro atoms. The maximum atomic E-state index is 12.3. The van der Waals surface area contributed by atoms with Crippen molar-refractivity contribution in [2.45, 2.75) is 19.9 Å². The summed E-state index contributed by atoms with van der Waals surface area (Å²) in [6, 6.07) is 23.8. The molecule has 1 aromatic heterocycles. The zero-order valence-electron chi connectivity index (χ0n) is 16.9. The molecule has 0 saturated carbocycles. The first-order valence-electron chi connectivity index (χ1n) is 9.72. The molecule has 0 radical (unpaired) electrons. The third-order valence-corrected chi connectivity index (χ3v) is 5.07. The Bertz CT molecular complexity index is 1170. The molecule has 0 bridgehead atoms. The van der Waals surface area contributed by atoms with E-state index >= 15 is 0 Å². The number of tetrazole rings is 1. The number of ether oxygens (including phenoxy) is 1. The molecule has 0 amide bonds. The summed E-state index contributed by atoms with van der Waals surface area (Å²) < 4.78 is 6.80. The molecule has 0 aliphatic carbocycles. The van der Waals surface area contributed by atoms with Gasteiger partial charge in [-0.1, -0.05) is 60.7 Å². The summed E-state index contributed by atoms with van der Waals surface area (Å²) in [4.78, 5) is 12.3. The Morgan fingerprint density at radius 1 is 0.933 bits per heavy atom. The molecule has 0 unspecified atom stereocenters. The number of aromatic nitrogens is 4. The minimum absolute atomic E-state index is 0.353. The van der Waals surface area contributed by atoms with Crippen molar-refractivity contribution >= 4 is 5.97 Å². The number of hydrogen-bond acceptors (Lipinski definition) is 5. The van der Waals surface area contributed by atoms with Crippen LogP contribution in [0, 0.1) is 6.92 Å². The second kappa shape index (κ2) is 8.69. The fourth-order valence-electron chi connectivity index (χ4n) is 3.50. The van der Waals surface area contributed by atoms with Crippen LogP contribution in [0.3, 0.4) is 0 Å². The number of carbonyl (C=O) groups is 1. The number of hydrogen-bond donors (Lipinski definition) is 0. The molecule has 3 aromatic carbocycles. The van der Waals surface area contributed by atoms with Crippen LogP contribution < -0.4 is 0 Å². The van der Waals surface area contributed by atoms with Crippen molar-refractivity contribution in [1.82, 2.24) is 20.2 Å². The van der Waals surface area contributed by atoms with Crippen molar-refractivity contribution in [3.05, 3.63) is 101 Å². The van der Waals surface area contributed by atoms with Crippen molar-refractivity contribution in [3.63, 3.8) is 0 Å². The Labute approximate surface area is 175 Å². The topological polar surface area (TPSA) is 69.9 Å². The van der Waals surface area contributed by atoms with Crippen LogP contribution in [0.1, 0.15) is 32.9 Å². The second-order valence-corrected chi connectivity index (χ2v) is 7.10. The molecule has 150 valence electrons. The van der Waals surface area contributed by atoms with Crippen molar-refractivity contribution in [1.29, 1.82) is 0 Å². The average Bonchev–Trinajstić information content (AvgIpc) is 3.20. The van der Waals surface area contributed by atoms with E-state index in [1.54, 1.807) is 4.68 Å². The highest BCUT2D eigenvalue weighted by Gasteiger charge is 2.16. The van der Waals surface area contributed by atoms with Gasteiger partial charge in [-0.05, 0) is 57.3 Å². The molecule has 1 heterocycles. The Morgan fingerprint density at radius 2 is 1.70 bits per heavy atom. The number of methoxy groups -OCH3 is 1. The van der Waals surface area contributed by atoms with Gasteiger partial charge >= 0.3 is 5.97 Å². The average molecular weight is 398 g/mol. The molecule has 4 rings (SSSR count). The lowest BCUT2D eigenvalue weighted by Crippen LogP contribution is -2.09. The minimum Gasteiger partial charge on any atom is -0.465 e. The van der Waals surface area contributed by atoms with Gasteiger partial charge in [0, 0.05) is 6.42 Å². The van der Waals surface area contributed by atoms with Crippen molar-refractivity contribution in [2.24, 2.45) is 0 Å². The smallest absolute Gasteiger partial charge is 0.338 e. The van der Waals surface area contributed by atoms with E-state index in [0.717, 1.165) is 33.6 Å². The van der Waals surface area contributed by atoms with Gasteiger partial charge in [0.25, 0.3) is 0 Å². The maximum absolute atomic E-state index is 12.3. The first-order valence-corrected chi connectivity index (χ1v) is 9.72. The summed E-state index contributed by atoms with van der Waals surface area (Å²) in [5.74, 6) is 0.411. The summed E-state index contributed by atoms with van der Waals surface area (Å²) in [5, 5.41) is 12.2. The molecule has 4 aromatic rings. The van der Waals surface area contributed by atoms with Gasteiger partial charge in [-0.2, -0.15) is 0 Å². The summed E-state index contributed by atoms with van der Waals surface area (Å²) in [6.07, 6.45) is 0.556. The van der Waals surface area contributed by atoms with E-state index in [2.05, 4.69) is 15.5 Å². The fourth-order valence-corrected chi connectivity index (χ4v) is 3.50. The van der Waals surface area contributed by atoms with Gasteiger partial charge < -0.3 is 4.74 Å². The van der Waals surface area contributed by atoms with E-state index in [0.29, 0.717) is 18.5 Å². The number of nitrogens with zero attached hydrogens (tertiary/aromatic N) is 4. The number of carbonyl (C=O) groups excluding carboxylic acids is 1. The number of benzene rings is 3. The Hall–Kier alpha value is -3.80. The van der Waals surface area contributed by atoms with Crippen LogP contribution in [0.15, 0.2) is 72.8 Å². The van der Waals surface area contributed by atoms with E-state index in [1.807, 2.05) is 79.7 Å². The van der Waals surface area contributed by atoms with Crippen molar-refractivity contribution < 1.29 is 9.53 Å². The Balaban J connectivity index is 1.68. The lowest BCUT2D eigenvalue weighted by molar-refractivity contribution is 0.0601. The first-order chi connectivity index (χ1) is 14.7. The van der Waals surface area contributed by atoms with E-state index < -0.39 is 0 Å². The van der Waals surface area contributed by atoms with Crippen LogP contribution in [0.2, 0.25) is 0 Å². The van der Waals surface area contributed by atoms with Crippen LogP contribution in [-0.2, 0) is 17.7 Å². The number of aryl methyl sites for hydroxylation is 1. The Morgan fingerprint density at radius 3 is 2.47 bits per heavy atom. The van der Waals surface area contributed by atoms with Crippen molar-refractivity contribution in [3.8, 4) is 11.1 Å². The molecule has 0 aliphatic rings. The minimum atomic E-state index is -0.353. The molecular formula is C24H22N4O2. The van der Waals surface area contributed by atoms with Crippen LogP contribution >= 0.6 is 0 Å². The molecule has 0 aliphatic heterocycles. The number of esters is 1. The molecule has 30 heavy (non-hydrogen) atoms. The standard InChI is InChI=1S/C24H22N4O2/c1-17-8-6-7-11-20(17)22-14-19(12-13-21(22)24(29)30-2)15-23-25-26-27-28(23)16-18-9-4-3-5-10-18/h3-14H,15-16H2,1-2H3. The van der Waals surface area contributed by atoms with Crippen LogP contribution in [0.4, 0.5) is 0 Å². The maximum Gasteiger partial charge on any atom is 0.338 e. The summed E-state index contributed by atoms with van der Waals surface area (Å²) >= 11 is 0. The van der Waals surface area contributed by atoms with Crippen LogP contribution in [0.5, 0.6) is 0 Å². The quantitative estimate of drug-likeness (QED) is 0.458. The van der Waals surface area contributed by atoms with Crippen molar-refractivity contribution in [2.75, 3.05) is 7.11 Å². The summed E-state index contributed by atoms with van der Waals surface area (Å²) in [5.41, 5.74) is 5.63. The normalized spacial score (nSPS) is 10.7. The lowest BCUT2D eigenvalue weighted by atomic mass is 9.93. The van der Waals surface area contributed by atoms with Crippen LogP contribution in [-0.4, -0.2) is 33.3 Å². The van der Waals surface area contributed by atoms with Gasteiger partial charge in [0.2, 0.25) is 0 Å². The molecule has 0 fully saturated rings. The molecule has 0 N–H and O–H groups in total. The predicted molar refractivity (Wildman–Crippen MR) is 114 cm³/mol. The SMILES string of the molecule is COC(=O)c1ccc(Cc2nnnn2Cc2ccccc2)cc1-c1ccccc1C. The van der Waals surface area contributed by atoms with Gasteiger partial charge in [0.15, 0.2) is 5.82 Å².